The van der Waals surface area contributed by atoms with Crippen LogP contribution in [0, 0.1) is 6.92 Å². The molecule has 1 atom stereocenters. The van der Waals surface area contributed by atoms with Crippen LogP contribution in [-0.2, 0) is 20.9 Å². The molecule has 0 saturated carbocycles. The normalized spacial score (nSPS) is 21.6. The Bertz CT molecular complexity index is 613. The molecule has 7 nitrogen and oxygen atoms in total. The first-order valence-electron chi connectivity index (χ1n) is 8.67. The first-order valence-corrected chi connectivity index (χ1v) is 8.67. The summed E-state index contributed by atoms with van der Waals surface area (Å²) in [5, 5.41) is 0. The molecule has 7 heteroatoms. The van der Waals surface area contributed by atoms with Crippen LogP contribution in [0.15, 0.2) is 6.20 Å². The molecule has 2 fully saturated rings. The quantitative estimate of drug-likeness (QED) is 0.809. The molecule has 0 aliphatic carbocycles. The second kappa shape index (κ2) is 7.34. The molecule has 2 aliphatic heterocycles. The number of nitrogens with zero attached hydrogens (tertiary/aromatic N) is 4. The van der Waals surface area contributed by atoms with E-state index < -0.39 is 0 Å². The molecule has 1 unspecified atom stereocenters. The maximum atomic E-state index is 12.6. The lowest BCUT2D eigenvalue weighted by Crippen LogP contribution is -2.46. The zero-order chi connectivity index (χ0) is 17.1. The van der Waals surface area contributed by atoms with Gasteiger partial charge in [-0.25, -0.2) is 4.98 Å². The fourth-order valence-electron chi connectivity index (χ4n) is 3.76. The van der Waals surface area contributed by atoms with E-state index in [-0.39, 0.29) is 24.4 Å². The lowest BCUT2D eigenvalue weighted by atomic mass is 10.0. The summed E-state index contributed by atoms with van der Waals surface area (Å²) in [5.74, 6) is 1.06. The van der Waals surface area contributed by atoms with Crippen LogP contribution in [-0.4, -0.2) is 64.5 Å². The molecule has 1 aromatic heterocycles. The Labute approximate surface area is 142 Å². The van der Waals surface area contributed by atoms with Gasteiger partial charge in [-0.05, 0) is 26.2 Å². The topological polar surface area (TPSA) is 67.7 Å². The van der Waals surface area contributed by atoms with Crippen LogP contribution in [0.1, 0.15) is 43.2 Å². The van der Waals surface area contributed by atoms with E-state index in [1.54, 1.807) is 12.0 Å². The second-order valence-corrected chi connectivity index (χ2v) is 6.67. The van der Waals surface area contributed by atoms with Crippen molar-refractivity contribution in [3.8, 4) is 0 Å². The Hall–Kier alpha value is -1.89. The van der Waals surface area contributed by atoms with Crippen molar-refractivity contribution in [3.05, 3.63) is 17.7 Å². The lowest BCUT2D eigenvalue weighted by molar-refractivity contribution is -0.139. The number of piperidine rings is 1. The molecule has 0 aromatic carbocycles. The van der Waals surface area contributed by atoms with E-state index in [4.69, 9.17) is 4.74 Å². The molecular formula is C17H26N4O3. The van der Waals surface area contributed by atoms with E-state index in [2.05, 4.69) is 9.55 Å². The van der Waals surface area contributed by atoms with Gasteiger partial charge in [0.25, 0.3) is 0 Å². The van der Waals surface area contributed by atoms with Gasteiger partial charge in [0.1, 0.15) is 12.4 Å². The minimum atomic E-state index is 0.0565. The van der Waals surface area contributed by atoms with E-state index >= 15 is 0 Å². The molecule has 3 rings (SSSR count). The van der Waals surface area contributed by atoms with Gasteiger partial charge in [0, 0.05) is 45.1 Å². The summed E-state index contributed by atoms with van der Waals surface area (Å²) < 4.78 is 7.44. The van der Waals surface area contributed by atoms with Gasteiger partial charge in [-0.1, -0.05) is 0 Å². The third kappa shape index (κ3) is 3.45. The number of aromatic nitrogens is 2. The number of imidazole rings is 1. The van der Waals surface area contributed by atoms with Gasteiger partial charge in [-0.2, -0.15) is 0 Å². The zero-order valence-electron chi connectivity index (χ0n) is 14.5. The highest BCUT2D eigenvalue weighted by Crippen LogP contribution is 2.25. The van der Waals surface area contributed by atoms with Crippen molar-refractivity contribution in [1.82, 2.24) is 19.4 Å². The zero-order valence-corrected chi connectivity index (χ0v) is 14.5. The number of aryl methyl sites for hydroxylation is 1. The summed E-state index contributed by atoms with van der Waals surface area (Å²) >= 11 is 0. The standard InChI is InChI=1S/C17H26N4O3/c1-13-9-18-15(12-24-2)21(13)14-5-3-7-19(10-14)17(23)11-20-8-4-6-16(20)22/h9,14H,3-8,10-12H2,1-2H3. The molecule has 0 spiro atoms. The predicted octanol–water partition coefficient (Wildman–Crippen LogP) is 1.12. The number of ether oxygens (including phenoxy) is 1. The highest BCUT2D eigenvalue weighted by atomic mass is 16.5. The summed E-state index contributed by atoms with van der Waals surface area (Å²) in [6.07, 6.45) is 5.29. The highest BCUT2D eigenvalue weighted by molar-refractivity contribution is 5.85. The van der Waals surface area contributed by atoms with E-state index in [0.29, 0.717) is 26.1 Å². The monoisotopic (exact) mass is 334 g/mol. The molecule has 132 valence electrons. The van der Waals surface area contributed by atoms with Crippen LogP contribution in [0.3, 0.4) is 0 Å². The minimum Gasteiger partial charge on any atom is -0.377 e. The largest absolute Gasteiger partial charge is 0.377 e. The van der Waals surface area contributed by atoms with Gasteiger partial charge in [-0.3, -0.25) is 9.59 Å². The Morgan fingerprint density at radius 3 is 2.92 bits per heavy atom. The van der Waals surface area contributed by atoms with Gasteiger partial charge in [0.15, 0.2) is 0 Å². The fraction of sp³-hybridized carbons (Fsp3) is 0.706. The summed E-state index contributed by atoms with van der Waals surface area (Å²) in [6, 6.07) is 0.227. The minimum absolute atomic E-state index is 0.0565. The number of rotatable bonds is 5. The van der Waals surface area contributed by atoms with E-state index in [1.807, 2.05) is 18.0 Å². The van der Waals surface area contributed by atoms with Gasteiger partial charge >= 0.3 is 0 Å². The number of methoxy groups -OCH3 is 1. The van der Waals surface area contributed by atoms with Crippen LogP contribution in [0.5, 0.6) is 0 Å². The SMILES string of the molecule is COCc1ncc(C)n1C1CCCN(C(=O)CN2CCCC2=O)C1. The van der Waals surface area contributed by atoms with E-state index in [9.17, 15) is 9.59 Å². The number of likely N-dealkylation sites (tertiary alicyclic amines) is 2. The van der Waals surface area contributed by atoms with Crippen LogP contribution in [0.4, 0.5) is 0 Å². The van der Waals surface area contributed by atoms with Gasteiger partial charge in [0.05, 0.1) is 12.6 Å². The molecule has 1 aromatic rings. The number of hydrogen-bond donors (Lipinski definition) is 0. The lowest BCUT2D eigenvalue weighted by Gasteiger charge is -2.35. The van der Waals surface area contributed by atoms with Crippen LogP contribution in [0.25, 0.3) is 0 Å². The van der Waals surface area contributed by atoms with Gasteiger partial charge in [-0.15, -0.1) is 0 Å². The maximum Gasteiger partial charge on any atom is 0.242 e. The Morgan fingerprint density at radius 1 is 1.38 bits per heavy atom. The summed E-state index contributed by atoms with van der Waals surface area (Å²) in [4.78, 5) is 32.3. The Kier molecular flexibility index (Phi) is 5.18. The second-order valence-electron chi connectivity index (χ2n) is 6.67. The third-order valence-electron chi connectivity index (χ3n) is 4.94. The molecule has 0 radical (unpaired) electrons. The molecule has 3 heterocycles. The maximum absolute atomic E-state index is 12.6. The van der Waals surface area contributed by atoms with E-state index in [0.717, 1.165) is 37.3 Å². The van der Waals surface area contributed by atoms with Crippen molar-refractivity contribution >= 4 is 11.8 Å². The first kappa shape index (κ1) is 17.0. The molecule has 2 saturated heterocycles. The molecule has 2 amide bonds. The average molecular weight is 334 g/mol. The van der Waals surface area contributed by atoms with E-state index in [1.165, 1.54) is 0 Å². The smallest absolute Gasteiger partial charge is 0.242 e. The fourth-order valence-corrected chi connectivity index (χ4v) is 3.76. The molecule has 24 heavy (non-hydrogen) atoms. The summed E-state index contributed by atoms with van der Waals surface area (Å²) in [5.41, 5.74) is 1.09. The van der Waals surface area contributed by atoms with Crippen molar-refractivity contribution < 1.29 is 14.3 Å². The van der Waals surface area contributed by atoms with Gasteiger partial charge in [0.2, 0.25) is 11.8 Å². The van der Waals surface area contributed by atoms with Crippen LogP contribution >= 0.6 is 0 Å². The first-order chi connectivity index (χ1) is 11.6. The van der Waals surface area contributed by atoms with Crippen molar-refractivity contribution in [1.29, 1.82) is 0 Å². The molecule has 0 bridgehead atoms. The average Bonchev–Trinajstić information content (AvgIpc) is 3.14. The molecule has 0 N–H and O–H groups in total. The summed E-state index contributed by atoms with van der Waals surface area (Å²) in [6.45, 7) is 4.88. The number of carbonyl (C=O) groups is 2. The third-order valence-corrected chi connectivity index (χ3v) is 4.94. The Morgan fingerprint density at radius 2 is 2.21 bits per heavy atom. The summed E-state index contributed by atoms with van der Waals surface area (Å²) in [7, 11) is 1.66. The van der Waals surface area contributed by atoms with Crippen molar-refractivity contribution in [3.63, 3.8) is 0 Å². The van der Waals surface area contributed by atoms with Crippen molar-refractivity contribution in [2.24, 2.45) is 0 Å². The number of amides is 2. The predicted molar refractivity (Wildman–Crippen MR) is 88.3 cm³/mol. The molecule has 2 aliphatic rings. The van der Waals surface area contributed by atoms with Crippen LogP contribution < -0.4 is 0 Å². The van der Waals surface area contributed by atoms with Crippen molar-refractivity contribution in [2.45, 2.75) is 45.3 Å². The van der Waals surface area contributed by atoms with Crippen molar-refractivity contribution in [2.75, 3.05) is 33.3 Å². The number of hydrogen-bond acceptors (Lipinski definition) is 4. The molecular weight excluding hydrogens is 308 g/mol. The Balaban J connectivity index is 1.67. The van der Waals surface area contributed by atoms with Crippen LogP contribution in [0.2, 0.25) is 0 Å². The van der Waals surface area contributed by atoms with Gasteiger partial charge < -0.3 is 19.1 Å². The highest BCUT2D eigenvalue weighted by Gasteiger charge is 2.29. The number of carbonyl (C=O) groups excluding carboxylic acids is 2.